The van der Waals surface area contributed by atoms with Gasteiger partial charge in [0.15, 0.2) is 0 Å². The average Bonchev–Trinajstić information content (AvgIpc) is 2.99. The zero-order valence-corrected chi connectivity index (χ0v) is 16.0. The molecule has 8 nitrogen and oxygen atoms in total. The normalized spacial score (nSPS) is 26.3. The van der Waals surface area contributed by atoms with E-state index < -0.39 is 18.2 Å². The van der Waals surface area contributed by atoms with Crippen LogP contribution in [0.25, 0.3) is 0 Å². The number of halogens is 1. The highest BCUT2D eigenvalue weighted by molar-refractivity contribution is 5.85. The molecule has 1 saturated carbocycles. The SMILES string of the molecule is COCc1cn(C[C@H]2C[C@@H](NC(=O)CC(C)(C)C)[C@H](O)[C@@H]2O)nn1.Cl. The molecule has 1 amide bonds. The van der Waals surface area contributed by atoms with E-state index in [9.17, 15) is 15.0 Å². The van der Waals surface area contributed by atoms with Crippen molar-refractivity contribution in [2.75, 3.05) is 7.11 Å². The number of carbonyl (C=O) groups excluding carboxylic acids is 1. The van der Waals surface area contributed by atoms with Crippen LogP contribution < -0.4 is 5.32 Å². The Morgan fingerprint density at radius 2 is 2.08 bits per heavy atom. The summed E-state index contributed by atoms with van der Waals surface area (Å²) >= 11 is 0. The van der Waals surface area contributed by atoms with Gasteiger partial charge in [0.25, 0.3) is 0 Å². The molecule has 1 aromatic rings. The summed E-state index contributed by atoms with van der Waals surface area (Å²) in [5, 5.41) is 31.3. The molecule has 3 N–H and O–H groups in total. The van der Waals surface area contributed by atoms with Crippen LogP contribution in [0.4, 0.5) is 0 Å². The van der Waals surface area contributed by atoms with E-state index in [0.717, 1.165) is 0 Å². The van der Waals surface area contributed by atoms with Crippen molar-refractivity contribution >= 4 is 18.3 Å². The van der Waals surface area contributed by atoms with Gasteiger partial charge in [-0.15, -0.1) is 17.5 Å². The third-order valence-electron chi connectivity index (χ3n) is 4.14. The molecule has 1 aliphatic carbocycles. The number of hydrogen-bond donors (Lipinski definition) is 3. The number of nitrogens with one attached hydrogen (secondary N) is 1. The van der Waals surface area contributed by atoms with E-state index >= 15 is 0 Å². The standard InChI is InChI=1S/C16H28N4O4.ClH/c1-16(2,3)6-13(21)17-12-5-10(14(22)15(12)23)7-20-8-11(9-24-4)18-19-20;/h8,10,12,14-15,22-23H,5-7,9H2,1-4H3,(H,17,21);1H/t10-,12-,14-,15+;/m1./s1. The fourth-order valence-electron chi connectivity index (χ4n) is 3.07. The monoisotopic (exact) mass is 376 g/mol. The Labute approximate surface area is 154 Å². The molecule has 9 heteroatoms. The molecule has 25 heavy (non-hydrogen) atoms. The maximum Gasteiger partial charge on any atom is 0.220 e. The molecule has 0 bridgehead atoms. The van der Waals surface area contributed by atoms with E-state index in [1.54, 1.807) is 18.0 Å². The zero-order valence-electron chi connectivity index (χ0n) is 15.2. The van der Waals surface area contributed by atoms with Gasteiger partial charge < -0.3 is 20.3 Å². The number of aliphatic hydroxyl groups is 2. The molecule has 144 valence electrons. The van der Waals surface area contributed by atoms with Crippen LogP contribution in [0.1, 0.15) is 39.3 Å². The fourth-order valence-corrected chi connectivity index (χ4v) is 3.07. The van der Waals surface area contributed by atoms with Crippen molar-refractivity contribution in [2.24, 2.45) is 11.3 Å². The molecule has 0 aliphatic heterocycles. The Kier molecular flexibility index (Phi) is 7.80. The Morgan fingerprint density at radius 3 is 2.68 bits per heavy atom. The van der Waals surface area contributed by atoms with Gasteiger partial charge in [-0.3, -0.25) is 9.48 Å². The number of ether oxygens (including phenoxy) is 1. The van der Waals surface area contributed by atoms with Gasteiger partial charge in [0.1, 0.15) is 11.8 Å². The summed E-state index contributed by atoms with van der Waals surface area (Å²) in [6, 6.07) is -0.443. The highest BCUT2D eigenvalue weighted by Gasteiger charge is 2.42. The van der Waals surface area contributed by atoms with Gasteiger partial charge in [0.05, 0.1) is 24.9 Å². The summed E-state index contributed by atoms with van der Waals surface area (Å²) in [5.41, 5.74) is 0.588. The number of aliphatic hydroxyl groups excluding tert-OH is 2. The van der Waals surface area contributed by atoms with E-state index in [-0.39, 0.29) is 29.6 Å². The van der Waals surface area contributed by atoms with Crippen molar-refractivity contribution in [2.45, 2.75) is 65.0 Å². The van der Waals surface area contributed by atoms with Crippen molar-refractivity contribution in [3.63, 3.8) is 0 Å². The second-order valence-electron chi connectivity index (χ2n) is 7.75. The predicted molar refractivity (Wildman–Crippen MR) is 94.1 cm³/mol. The number of amides is 1. The van der Waals surface area contributed by atoms with E-state index in [1.165, 1.54) is 0 Å². The van der Waals surface area contributed by atoms with Crippen LogP contribution in [0.2, 0.25) is 0 Å². The molecule has 0 radical (unpaired) electrons. The topological polar surface area (TPSA) is 110 Å². The van der Waals surface area contributed by atoms with Gasteiger partial charge >= 0.3 is 0 Å². The lowest BCUT2D eigenvalue weighted by Gasteiger charge is -2.22. The number of nitrogens with zero attached hydrogens (tertiary/aromatic N) is 3. The molecule has 0 saturated heterocycles. The molecule has 1 aromatic heterocycles. The summed E-state index contributed by atoms with van der Waals surface area (Å²) < 4.78 is 6.63. The predicted octanol–water partition coefficient (Wildman–Crippen LogP) is 0.509. The van der Waals surface area contributed by atoms with Crippen LogP contribution in [0.15, 0.2) is 6.20 Å². The van der Waals surface area contributed by atoms with E-state index in [0.29, 0.717) is 31.7 Å². The lowest BCUT2D eigenvalue weighted by atomic mass is 9.92. The van der Waals surface area contributed by atoms with Crippen molar-refractivity contribution in [1.29, 1.82) is 0 Å². The van der Waals surface area contributed by atoms with Crippen LogP contribution in [0, 0.1) is 11.3 Å². The van der Waals surface area contributed by atoms with E-state index in [2.05, 4.69) is 15.6 Å². The van der Waals surface area contributed by atoms with Gasteiger partial charge in [0.2, 0.25) is 5.91 Å². The first-order chi connectivity index (χ1) is 11.2. The minimum absolute atomic E-state index is 0. The van der Waals surface area contributed by atoms with Crippen molar-refractivity contribution in [3.05, 3.63) is 11.9 Å². The number of methoxy groups -OCH3 is 1. The summed E-state index contributed by atoms with van der Waals surface area (Å²) in [4.78, 5) is 12.1. The molecule has 2 rings (SSSR count). The first kappa shape index (κ1) is 21.8. The minimum atomic E-state index is -0.971. The molecule has 0 unspecified atom stereocenters. The highest BCUT2D eigenvalue weighted by Crippen LogP contribution is 2.29. The molecular formula is C16H29ClN4O4. The number of carbonyl (C=O) groups is 1. The molecule has 1 fully saturated rings. The maximum absolute atomic E-state index is 12.1. The van der Waals surface area contributed by atoms with Gasteiger partial charge in [-0.25, -0.2) is 0 Å². The summed E-state index contributed by atoms with van der Waals surface area (Å²) in [5.74, 6) is -0.306. The van der Waals surface area contributed by atoms with Crippen LogP contribution >= 0.6 is 12.4 Å². The zero-order chi connectivity index (χ0) is 17.9. The second kappa shape index (κ2) is 8.93. The smallest absolute Gasteiger partial charge is 0.220 e. The Hall–Kier alpha value is -1.22. The Morgan fingerprint density at radius 1 is 1.40 bits per heavy atom. The first-order valence-corrected chi connectivity index (χ1v) is 8.23. The summed E-state index contributed by atoms with van der Waals surface area (Å²) in [6.45, 7) is 6.76. The summed E-state index contributed by atoms with van der Waals surface area (Å²) in [7, 11) is 1.58. The molecule has 1 aliphatic rings. The molecule has 1 heterocycles. The van der Waals surface area contributed by atoms with Crippen LogP contribution in [0.5, 0.6) is 0 Å². The number of hydrogen-bond acceptors (Lipinski definition) is 6. The fraction of sp³-hybridized carbons (Fsp3) is 0.812. The van der Waals surface area contributed by atoms with Gasteiger partial charge in [-0.05, 0) is 11.8 Å². The molecule has 4 atom stereocenters. The lowest BCUT2D eigenvalue weighted by Crippen LogP contribution is -2.43. The van der Waals surface area contributed by atoms with Gasteiger partial charge in [0, 0.05) is 26.0 Å². The van der Waals surface area contributed by atoms with Crippen LogP contribution in [-0.2, 0) is 22.7 Å². The third kappa shape index (κ3) is 6.22. The minimum Gasteiger partial charge on any atom is -0.390 e. The van der Waals surface area contributed by atoms with Crippen molar-refractivity contribution < 1.29 is 19.7 Å². The molecular weight excluding hydrogens is 348 g/mol. The van der Waals surface area contributed by atoms with E-state index in [1.807, 2.05) is 20.8 Å². The largest absolute Gasteiger partial charge is 0.390 e. The van der Waals surface area contributed by atoms with Crippen LogP contribution in [-0.4, -0.2) is 56.5 Å². The Bertz CT molecular complexity index is 561. The highest BCUT2D eigenvalue weighted by atomic mass is 35.5. The Balaban J connectivity index is 0.00000312. The molecule has 0 spiro atoms. The molecule has 0 aromatic carbocycles. The average molecular weight is 377 g/mol. The third-order valence-corrected chi connectivity index (χ3v) is 4.14. The van der Waals surface area contributed by atoms with Gasteiger partial charge in [-0.2, -0.15) is 0 Å². The quantitative estimate of drug-likeness (QED) is 0.667. The van der Waals surface area contributed by atoms with Crippen LogP contribution in [0.3, 0.4) is 0 Å². The van der Waals surface area contributed by atoms with E-state index in [4.69, 9.17) is 4.74 Å². The number of rotatable bonds is 6. The maximum atomic E-state index is 12.1. The lowest BCUT2D eigenvalue weighted by molar-refractivity contribution is -0.124. The first-order valence-electron chi connectivity index (χ1n) is 8.23. The van der Waals surface area contributed by atoms with Crippen molar-refractivity contribution in [3.8, 4) is 0 Å². The summed E-state index contributed by atoms with van der Waals surface area (Å²) in [6.07, 6.45) is 0.757. The van der Waals surface area contributed by atoms with Crippen molar-refractivity contribution in [1.82, 2.24) is 20.3 Å². The second-order valence-corrected chi connectivity index (χ2v) is 7.75. The van der Waals surface area contributed by atoms with Gasteiger partial charge in [-0.1, -0.05) is 26.0 Å². The number of aromatic nitrogens is 3.